The van der Waals surface area contributed by atoms with E-state index in [2.05, 4.69) is 10.3 Å². The van der Waals surface area contributed by atoms with Crippen molar-refractivity contribution in [3.05, 3.63) is 84.2 Å². The fraction of sp³-hybridized carbons (Fsp3) is 0.323. The maximum atomic E-state index is 13.4. The van der Waals surface area contributed by atoms with E-state index in [1.54, 1.807) is 31.6 Å². The standard InChI is InChI=1S/C31H34N6O3/c1-22-20-25(12-13-27(22)40-2)30-34-29(23-14-16-32-17-15-23)35-37(30)19-18-36(26-10-6-7-11-26)28(38)21-33-31(39)24-8-4-3-5-9-24/h3-5,8-9,12-17,20,26H,6-7,10-11,18-19,21H2,1-2H3,(H,33,39). The average molecular weight is 539 g/mol. The van der Waals surface area contributed by atoms with Gasteiger partial charge in [-0.3, -0.25) is 14.6 Å². The van der Waals surface area contributed by atoms with Crippen LogP contribution < -0.4 is 10.1 Å². The van der Waals surface area contributed by atoms with Crippen LogP contribution in [0.1, 0.15) is 41.6 Å². The summed E-state index contributed by atoms with van der Waals surface area (Å²) in [5.74, 6) is 1.77. The van der Waals surface area contributed by atoms with E-state index in [0.717, 1.165) is 48.1 Å². The molecule has 40 heavy (non-hydrogen) atoms. The molecule has 206 valence electrons. The third-order valence-corrected chi connectivity index (χ3v) is 7.34. The highest BCUT2D eigenvalue weighted by atomic mass is 16.5. The van der Waals surface area contributed by atoms with Gasteiger partial charge in [0, 0.05) is 41.7 Å². The Morgan fingerprint density at radius 2 is 1.77 bits per heavy atom. The molecule has 1 N–H and O–H groups in total. The number of carbonyl (C=O) groups is 2. The zero-order chi connectivity index (χ0) is 27.9. The monoisotopic (exact) mass is 538 g/mol. The summed E-state index contributed by atoms with van der Waals surface area (Å²) in [6, 6.07) is 18.8. The van der Waals surface area contributed by atoms with Gasteiger partial charge >= 0.3 is 0 Å². The second-order valence-electron chi connectivity index (χ2n) is 9.98. The van der Waals surface area contributed by atoms with Crippen molar-refractivity contribution in [3.8, 4) is 28.5 Å². The van der Waals surface area contributed by atoms with E-state index in [1.807, 2.05) is 65.0 Å². The maximum absolute atomic E-state index is 13.4. The zero-order valence-corrected chi connectivity index (χ0v) is 22.9. The summed E-state index contributed by atoms with van der Waals surface area (Å²) in [7, 11) is 1.66. The number of carbonyl (C=O) groups excluding carboxylic acids is 2. The molecule has 0 atom stereocenters. The minimum Gasteiger partial charge on any atom is -0.496 e. The zero-order valence-electron chi connectivity index (χ0n) is 22.9. The number of rotatable bonds is 10. The van der Waals surface area contributed by atoms with E-state index in [0.29, 0.717) is 30.3 Å². The van der Waals surface area contributed by atoms with Crippen LogP contribution in [0.5, 0.6) is 5.75 Å². The van der Waals surface area contributed by atoms with E-state index in [-0.39, 0.29) is 24.4 Å². The first-order valence-electron chi connectivity index (χ1n) is 13.7. The van der Waals surface area contributed by atoms with Crippen LogP contribution >= 0.6 is 0 Å². The second kappa shape index (κ2) is 12.5. The first-order valence-corrected chi connectivity index (χ1v) is 13.7. The molecule has 2 aromatic heterocycles. The Bertz CT molecular complexity index is 1450. The number of aryl methyl sites for hydroxylation is 1. The number of aromatic nitrogens is 4. The predicted octanol–water partition coefficient (Wildman–Crippen LogP) is 4.53. The molecule has 0 saturated heterocycles. The summed E-state index contributed by atoms with van der Waals surface area (Å²) in [5, 5.41) is 7.64. The van der Waals surface area contributed by atoms with E-state index in [4.69, 9.17) is 14.8 Å². The summed E-state index contributed by atoms with van der Waals surface area (Å²) in [4.78, 5) is 36.9. The van der Waals surface area contributed by atoms with Crippen LogP contribution in [0.3, 0.4) is 0 Å². The Kier molecular flexibility index (Phi) is 8.49. The molecule has 0 bridgehead atoms. The van der Waals surface area contributed by atoms with Gasteiger partial charge in [-0.2, -0.15) is 5.10 Å². The van der Waals surface area contributed by atoms with Crippen LogP contribution in [-0.2, 0) is 11.3 Å². The number of nitrogens with one attached hydrogen (secondary N) is 1. The molecule has 4 aromatic rings. The summed E-state index contributed by atoms with van der Waals surface area (Å²) in [5.41, 5.74) is 3.32. The molecular weight excluding hydrogens is 504 g/mol. The van der Waals surface area contributed by atoms with Crippen LogP contribution in [0, 0.1) is 6.92 Å². The van der Waals surface area contributed by atoms with Gasteiger partial charge in [0.25, 0.3) is 5.91 Å². The Labute approximate surface area is 234 Å². The van der Waals surface area contributed by atoms with Crippen molar-refractivity contribution in [2.45, 2.75) is 45.2 Å². The molecule has 2 heterocycles. The van der Waals surface area contributed by atoms with Crippen molar-refractivity contribution in [1.29, 1.82) is 0 Å². The van der Waals surface area contributed by atoms with Crippen molar-refractivity contribution >= 4 is 11.8 Å². The normalized spacial score (nSPS) is 13.2. The number of nitrogens with zero attached hydrogens (tertiary/aromatic N) is 5. The first-order chi connectivity index (χ1) is 19.5. The van der Waals surface area contributed by atoms with Gasteiger partial charge in [0.05, 0.1) is 20.2 Å². The number of amides is 2. The first kappa shape index (κ1) is 27.1. The summed E-state index contributed by atoms with van der Waals surface area (Å²) >= 11 is 0. The Balaban J connectivity index is 1.38. The molecule has 0 spiro atoms. The van der Waals surface area contributed by atoms with E-state index >= 15 is 0 Å². The fourth-order valence-corrected chi connectivity index (χ4v) is 5.23. The highest BCUT2D eigenvalue weighted by Gasteiger charge is 2.27. The minimum absolute atomic E-state index is 0.0472. The molecule has 1 fully saturated rings. The SMILES string of the molecule is COc1ccc(-c2nc(-c3ccncc3)nn2CCN(C(=O)CNC(=O)c2ccccc2)C2CCCC2)cc1C. The van der Waals surface area contributed by atoms with Gasteiger partial charge < -0.3 is 15.0 Å². The fourth-order valence-electron chi connectivity index (χ4n) is 5.23. The van der Waals surface area contributed by atoms with Gasteiger partial charge in [-0.1, -0.05) is 31.0 Å². The molecule has 0 radical (unpaired) electrons. The smallest absolute Gasteiger partial charge is 0.251 e. The average Bonchev–Trinajstić information content (AvgIpc) is 3.68. The summed E-state index contributed by atoms with van der Waals surface area (Å²) in [6.07, 6.45) is 7.55. The molecule has 0 aliphatic heterocycles. The number of benzene rings is 2. The number of pyridine rings is 1. The molecule has 5 rings (SSSR count). The van der Waals surface area contributed by atoms with Crippen LogP contribution in [0.4, 0.5) is 0 Å². The summed E-state index contributed by atoms with van der Waals surface area (Å²) in [6.45, 7) is 2.88. The molecule has 9 nitrogen and oxygen atoms in total. The van der Waals surface area contributed by atoms with Gasteiger partial charge in [-0.05, 0) is 67.8 Å². The second-order valence-corrected chi connectivity index (χ2v) is 9.98. The molecule has 1 saturated carbocycles. The Hall–Kier alpha value is -4.53. The van der Waals surface area contributed by atoms with Gasteiger partial charge in [-0.15, -0.1) is 0 Å². The van der Waals surface area contributed by atoms with Crippen molar-refractivity contribution in [2.24, 2.45) is 0 Å². The molecule has 2 amide bonds. The molecule has 2 aromatic carbocycles. The van der Waals surface area contributed by atoms with Gasteiger partial charge in [0.15, 0.2) is 11.6 Å². The van der Waals surface area contributed by atoms with Crippen LogP contribution in [-0.4, -0.2) is 62.7 Å². The van der Waals surface area contributed by atoms with Crippen molar-refractivity contribution in [3.63, 3.8) is 0 Å². The van der Waals surface area contributed by atoms with Crippen LogP contribution in [0.15, 0.2) is 73.1 Å². The molecule has 1 aliphatic rings. The van der Waals surface area contributed by atoms with Crippen molar-refractivity contribution in [2.75, 3.05) is 20.2 Å². The number of hydrogen-bond acceptors (Lipinski definition) is 6. The van der Waals surface area contributed by atoms with E-state index in [1.165, 1.54) is 0 Å². The molecule has 9 heteroatoms. The lowest BCUT2D eigenvalue weighted by atomic mass is 10.1. The van der Waals surface area contributed by atoms with Crippen LogP contribution in [0.25, 0.3) is 22.8 Å². The number of methoxy groups -OCH3 is 1. The quantitative estimate of drug-likeness (QED) is 0.318. The Morgan fingerprint density at radius 1 is 1.02 bits per heavy atom. The topological polar surface area (TPSA) is 102 Å². The van der Waals surface area contributed by atoms with Gasteiger partial charge in [0.2, 0.25) is 5.91 Å². The van der Waals surface area contributed by atoms with E-state index < -0.39 is 0 Å². The molecule has 1 aliphatic carbocycles. The van der Waals surface area contributed by atoms with Gasteiger partial charge in [0.1, 0.15) is 5.75 Å². The van der Waals surface area contributed by atoms with Crippen LogP contribution in [0.2, 0.25) is 0 Å². The highest BCUT2D eigenvalue weighted by Crippen LogP contribution is 2.28. The number of ether oxygens (including phenoxy) is 1. The predicted molar refractivity (Wildman–Crippen MR) is 153 cm³/mol. The number of hydrogen-bond donors (Lipinski definition) is 1. The summed E-state index contributed by atoms with van der Waals surface area (Å²) < 4.78 is 7.32. The largest absolute Gasteiger partial charge is 0.496 e. The lowest BCUT2D eigenvalue weighted by Gasteiger charge is -2.29. The van der Waals surface area contributed by atoms with Crippen molar-refractivity contribution in [1.82, 2.24) is 30.0 Å². The Morgan fingerprint density at radius 3 is 2.48 bits per heavy atom. The minimum atomic E-state index is -0.254. The lowest BCUT2D eigenvalue weighted by molar-refractivity contribution is -0.132. The highest BCUT2D eigenvalue weighted by molar-refractivity contribution is 5.96. The maximum Gasteiger partial charge on any atom is 0.251 e. The molecular formula is C31H34N6O3. The third-order valence-electron chi connectivity index (χ3n) is 7.34. The third kappa shape index (κ3) is 6.20. The van der Waals surface area contributed by atoms with Gasteiger partial charge in [-0.25, -0.2) is 9.67 Å². The lowest BCUT2D eigenvalue weighted by Crippen LogP contribution is -2.46. The van der Waals surface area contributed by atoms with Crippen molar-refractivity contribution < 1.29 is 14.3 Å². The molecule has 0 unspecified atom stereocenters. The van der Waals surface area contributed by atoms with E-state index in [9.17, 15) is 9.59 Å².